The average Bonchev–Trinajstić information content (AvgIpc) is 3.39. The van der Waals surface area contributed by atoms with Crippen LogP contribution >= 0.6 is 35.0 Å². The molecule has 1 aromatic carbocycles. The maximum absolute atomic E-state index is 12.2. The van der Waals surface area contributed by atoms with Gasteiger partial charge in [0.2, 0.25) is 0 Å². The van der Waals surface area contributed by atoms with Gasteiger partial charge in [-0.3, -0.25) is 9.59 Å². The van der Waals surface area contributed by atoms with Gasteiger partial charge in [0.15, 0.2) is 0 Å². The first kappa shape index (κ1) is 23.8. The molecule has 1 aromatic rings. The number of rotatable bonds is 9. The summed E-state index contributed by atoms with van der Waals surface area (Å²) in [6.07, 6.45) is 0.347. The standard InChI is InChI=1S/C19H22Cl2N4O5S/c1-8(24-7-25(2)23)31-15-12-13(17(26)27)14(12)19(22,18(28)29)16(15)30-6-9-3-4-10(20)11(21)5-9/h3-5,7,12-16H,1,6,22-23H2,2H3,(H,26,27)(H,28,29)/t12-,13-,14-,15-,16+,19+/m0/s1. The molecular weight excluding hydrogens is 467 g/mol. The monoisotopic (exact) mass is 488 g/mol. The summed E-state index contributed by atoms with van der Waals surface area (Å²) in [4.78, 5) is 28.0. The van der Waals surface area contributed by atoms with E-state index in [1.165, 1.54) is 11.3 Å². The van der Waals surface area contributed by atoms with Gasteiger partial charge in [0.1, 0.15) is 11.9 Å². The summed E-state index contributed by atoms with van der Waals surface area (Å²) in [6.45, 7) is 3.86. The summed E-state index contributed by atoms with van der Waals surface area (Å²) in [6, 6.07) is 4.92. The van der Waals surface area contributed by atoms with E-state index in [2.05, 4.69) is 11.6 Å². The van der Waals surface area contributed by atoms with Gasteiger partial charge in [-0.25, -0.2) is 10.8 Å². The van der Waals surface area contributed by atoms with Gasteiger partial charge in [-0.05, 0) is 23.6 Å². The second-order valence-electron chi connectivity index (χ2n) is 7.57. The zero-order valence-electron chi connectivity index (χ0n) is 16.4. The highest BCUT2D eigenvalue weighted by atomic mass is 35.5. The molecule has 0 radical (unpaired) electrons. The molecule has 0 spiro atoms. The minimum atomic E-state index is -1.88. The van der Waals surface area contributed by atoms with E-state index in [1.54, 1.807) is 25.2 Å². The van der Waals surface area contributed by atoms with Crippen molar-refractivity contribution in [2.75, 3.05) is 7.05 Å². The van der Waals surface area contributed by atoms with Crippen LogP contribution in [0.25, 0.3) is 0 Å². The number of carboxylic acid groups (broad SMARTS) is 2. The lowest BCUT2D eigenvalue weighted by atomic mass is 9.88. The number of aliphatic carboxylic acids is 2. The number of thioether (sulfide) groups is 1. The summed E-state index contributed by atoms with van der Waals surface area (Å²) in [5, 5.41) is 21.2. The second-order valence-corrected chi connectivity index (χ2v) is 9.64. The molecule has 2 fully saturated rings. The van der Waals surface area contributed by atoms with E-state index in [1.807, 2.05) is 0 Å². The molecule has 9 nitrogen and oxygen atoms in total. The molecule has 3 rings (SSSR count). The molecular formula is C19H22Cl2N4O5S. The van der Waals surface area contributed by atoms with Crippen molar-refractivity contribution >= 4 is 53.2 Å². The first-order chi connectivity index (χ1) is 14.5. The Morgan fingerprint density at radius 3 is 2.61 bits per heavy atom. The topological polar surface area (TPSA) is 151 Å². The number of hydrogen-bond acceptors (Lipinski definition) is 7. The van der Waals surface area contributed by atoms with Crippen LogP contribution in [0.2, 0.25) is 10.0 Å². The zero-order valence-corrected chi connectivity index (χ0v) is 18.8. The predicted molar refractivity (Wildman–Crippen MR) is 119 cm³/mol. The van der Waals surface area contributed by atoms with Crippen molar-refractivity contribution in [2.45, 2.75) is 23.5 Å². The van der Waals surface area contributed by atoms with Gasteiger partial charge in [0.05, 0.1) is 33.7 Å². The van der Waals surface area contributed by atoms with Gasteiger partial charge in [0.25, 0.3) is 0 Å². The van der Waals surface area contributed by atoms with Crippen LogP contribution in [0.3, 0.4) is 0 Å². The minimum absolute atomic E-state index is 0.0172. The van der Waals surface area contributed by atoms with Crippen molar-refractivity contribution in [1.29, 1.82) is 0 Å². The van der Waals surface area contributed by atoms with Crippen LogP contribution in [0.15, 0.2) is 34.8 Å². The fourth-order valence-corrected chi connectivity index (χ4v) is 5.80. The third-order valence-corrected chi connectivity index (χ3v) is 7.45. The predicted octanol–water partition coefficient (Wildman–Crippen LogP) is 2.03. The third-order valence-electron chi connectivity index (χ3n) is 5.50. The van der Waals surface area contributed by atoms with Crippen molar-refractivity contribution in [3.05, 3.63) is 45.4 Å². The molecule has 2 aliphatic rings. The Balaban J connectivity index is 1.87. The molecule has 0 amide bonds. The fourth-order valence-electron chi connectivity index (χ4n) is 4.14. The number of nitrogens with two attached hydrogens (primary N) is 2. The maximum Gasteiger partial charge on any atom is 0.326 e. The smallest absolute Gasteiger partial charge is 0.326 e. The molecule has 0 unspecified atom stereocenters. The number of ether oxygens (including phenoxy) is 1. The summed E-state index contributed by atoms with van der Waals surface area (Å²) in [5.74, 6) is 0.958. The maximum atomic E-state index is 12.2. The molecule has 168 valence electrons. The number of nitrogens with zero attached hydrogens (tertiary/aromatic N) is 2. The highest BCUT2D eigenvalue weighted by Gasteiger charge is 2.78. The van der Waals surface area contributed by atoms with Gasteiger partial charge >= 0.3 is 11.9 Å². The molecule has 6 atom stereocenters. The molecule has 0 heterocycles. The zero-order chi connectivity index (χ0) is 23.1. The lowest BCUT2D eigenvalue weighted by Gasteiger charge is -2.34. The van der Waals surface area contributed by atoms with Crippen LogP contribution in [-0.2, 0) is 20.9 Å². The molecule has 2 aliphatic carbocycles. The summed E-state index contributed by atoms with van der Waals surface area (Å²) in [7, 11) is 1.58. The number of aliphatic imine (C=N–C) groups is 1. The number of benzene rings is 1. The first-order valence-corrected chi connectivity index (χ1v) is 10.8. The van der Waals surface area contributed by atoms with Crippen molar-refractivity contribution in [3.8, 4) is 0 Å². The minimum Gasteiger partial charge on any atom is -0.481 e. The highest BCUT2D eigenvalue weighted by Crippen LogP contribution is 2.66. The number of hydrazine groups is 1. The van der Waals surface area contributed by atoms with Crippen LogP contribution in [0.4, 0.5) is 0 Å². The summed E-state index contributed by atoms with van der Waals surface area (Å²) in [5.41, 5.74) is 5.11. The average molecular weight is 489 g/mol. The number of halogens is 2. The van der Waals surface area contributed by atoms with Crippen LogP contribution in [0.1, 0.15) is 5.56 Å². The van der Waals surface area contributed by atoms with Gasteiger partial charge in [-0.15, -0.1) is 11.8 Å². The number of fused-ring (bicyclic) bond motifs is 1. The van der Waals surface area contributed by atoms with Crippen LogP contribution < -0.4 is 11.6 Å². The van der Waals surface area contributed by atoms with Crippen molar-refractivity contribution in [1.82, 2.24) is 5.01 Å². The Morgan fingerprint density at radius 1 is 1.39 bits per heavy atom. The SMILES string of the molecule is C=C(N=CN(C)N)S[C@H]1[C@H]2[C@H](C(=O)O)[C@H]2[C@](N)(C(=O)O)[C@@H]1OCc1ccc(Cl)c(Cl)c1. The Labute approximate surface area is 193 Å². The molecule has 6 N–H and O–H groups in total. The van der Waals surface area contributed by atoms with Gasteiger partial charge in [-0.2, -0.15) is 0 Å². The molecule has 31 heavy (non-hydrogen) atoms. The quantitative estimate of drug-likeness (QED) is 0.177. The molecule has 12 heteroatoms. The van der Waals surface area contributed by atoms with Gasteiger partial charge in [0, 0.05) is 18.2 Å². The second kappa shape index (κ2) is 8.97. The molecule has 2 saturated carbocycles. The number of carboxylic acids is 2. The lowest BCUT2D eigenvalue weighted by molar-refractivity contribution is -0.152. The van der Waals surface area contributed by atoms with Crippen LogP contribution in [-0.4, -0.2) is 57.4 Å². The Bertz CT molecular complexity index is 946. The van der Waals surface area contributed by atoms with E-state index in [0.29, 0.717) is 20.6 Å². The molecule has 0 saturated heterocycles. The Hall–Kier alpha value is -1.82. The van der Waals surface area contributed by atoms with E-state index >= 15 is 0 Å². The Morgan fingerprint density at radius 2 is 2.06 bits per heavy atom. The van der Waals surface area contributed by atoms with E-state index in [4.69, 9.17) is 39.5 Å². The van der Waals surface area contributed by atoms with E-state index < -0.39 is 46.6 Å². The van der Waals surface area contributed by atoms with Crippen molar-refractivity contribution < 1.29 is 24.5 Å². The molecule has 0 bridgehead atoms. The van der Waals surface area contributed by atoms with Gasteiger partial charge in [-0.1, -0.05) is 35.8 Å². The first-order valence-electron chi connectivity index (χ1n) is 9.16. The number of carbonyl (C=O) groups is 2. The third kappa shape index (κ3) is 4.55. The summed E-state index contributed by atoms with van der Waals surface area (Å²) < 4.78 is 5.98. The summed E-state index contributed by atoms with van der Waals surface area (Å²) >= 11 is 13.1. The van der Waals surface area contributed by atoms with Crippen molar-refractivity contribution in [3.63, 3.8) is 0 Å². The molecule has 0 aliphatic heterocycles. The largest absolute Gasteiger partial charge is 0.481 e. The lowest BCUT2D eigenvalue weighted by Crippen LogP contribution is -2.61. The van der Waals surface area contributed by atoms with Crippen LogP contribution in [0.5, 0.6) is 0 Å². The van der Waals surface area contributed by atoms with Crippen molar-refractivity contribution in [2.24, 2.45) is 34.3 Å². The van der Waals surface area contributed by atoms with Gasteiger partial charge < -0.3 is 25.7 Å². The van der Waals surface area contributed by atoms with E-state index in [-0.39, 0.29) is 6.61 Å². The van der Waals surface area contributed by atoms with E-state index in [9.17, 15) is 19.8 Å². The van der Waals surface area contributed by atoms with E-state index in [0.717, 1.165) is 11.8 Å². The Kier molecular flexibility index (Phi) is 6.90. The fraction of sp³-hybridized carbons (Fsp3) is 0.421. The van der Waals surface area contributed by atoms with Crippen LogP contribution in [0, 0.1) is 17.8 Å². The molecule has 0 aromatic heterocycles. The highest BCUT2D eigenvalue weighted by molar-refractivity contribution is 8.03. The number of hydrogen-bond donors (Lipinski definition) is 4. The normalized spacial score (nSPS) is 31.5.